The molecule has 0 radical (unpaired) electrons. The van der Waals surface area contributed by atoms with Gasteiger partial charge in [-0.1, -0.05) is 48.0 Å². The zero-order valence-corrected chi connectivity index (χ0v) is 19.0. The topological polar surface area (TPSA) is 66.5 Å². The molecule has 0 saturated carbocycles. The molecule has 3 aromatic carbocycles. The summed E-state index contributed by atoms with van der Waals surface area (Å²) in [6.07, 6.45) is 1.52. The molecule has 0 heterocycles. The number of anilines is 1. The first kappa shape index (κ1) is 23.5. The summed E-state index contributed by atoms with van der Waals surface area (Å²) in [5.74, 6) is -0.911. The molecule has 1 amide bonds. The number of nitrogens with zero attached hydrogens (tertiary/aromatic N) is 1. The van der Waals surface area contributed by atoms with Crippen LogP contribution in [0.3, 0.4) is 0 Å². The van der Waals surface area contributed by atoms with Crippen LogP contribution in [0.15, 0.2) is 83.8 Å². The van der Waals surface area contributed by atoms with Crippen LogP contribution in [0.4, 0.5) is 10.1 Å². The maximum Gasteiger partial charge on any atom is 0.264 e. The van der Waals surface area contributed by atoms with Gasteiger partial charge in [-0.3, -0.25) is 9.10 Å². The van der Waals surface area contributed by atoms with Gasteiger partial charge in [-0.05, 0) is 68.7 Å². The van der Waals surface area contributed by atoms with Crippen LogP contribution in [0.2, 0.25) is 0 Å². The number of hydrogen-bond acceptors (Lipinski definition) is 3. The summed E-state index contributed by atoms with van der Waals surface area (Å²) in [6.45, 7) is 3.34. The first-order chi connectivity index (χ1) is 15.3. The van der Waals surface area contributed by atoms with Crippen LogP contribution in [-0.2, 0) is 21.2 Å². The van der Waals surface area contributed by atoms with E-state index >= 15 is 0 Å². The van der Waals surface area contributed by atoms with Gasteiger partial charge in [0.05, 0.1) is 10.6 Å². The molecule has 3 rings (SSSR count). The first-order valence-corrected chi connectivity index (χ1v) is 11.9. The minimum Gasteiger partial charge on any atom is -0.352 e. The van der Waals surface area contributed by atoms with Crippen LogP contribution >= 0.6 is 0 Å². The van der Waals surface area contributed by atoms with Crippen LogP contribution in [0, 0.1) is 12.7 Å². The minimum absolute atomic E-state index is 0.0670. The quantitative estimate of drug-likeness (QED) is 0.519. The van der Waals surface area contributed by atoms with Gasteiger partial charge in [0.1, 0.15) is 12.4 Å². The highest BCUT2D eigenvalue weighted by molar-refractivity contribution is 7.92. The van der Waals surface area contributed by atoms with Gasteiger partial charge in [0.2, 0.25) is 5.91 Å². The second kappa shape index (κ2) is 10.4. The predicted octanol–water partition coefficient (Wildman–Crippen LogP) is 4.47. The third kappa shape index (κ3) is 6.17. The fourth-order valence-corrected chi connectivity index (χ4v) is 4.73. The summed E-state index contributed by atoms with van der Waals surface area (Å²) in [5.41, 5.74) is 2.31. The van der Waals surface area contributed by atoms with Gasteiger partial charge in [-0.15, -0.1) is 0 Å². The molecule has 3 aromatic rings. The van der Waals surface area contributed by atoms with Gasteiger partial charge in [0.15, 0.2) is 0 Å². The van der Waals surface area contributed by atoms with E-state index in [1.54, 1.807) is 12.1 Å². The minimum atomic E-state index is -4.02. The molecule has 0 aromatic heterocycles. The van der Waals surface area contributed by atoms with Gasteiger partial charge in [0, 0.05) is 6.04 Å². The Morgan fingerprint density at radius 3 is 2.22 bits per heavy atom. The Balaban J connectivity index is 1.75. The lowest BCUT2D eigenvalue weighted by Gasteiger charge is -2.25. The van der Waals surface area contributed by atoms with Crippen molar-refractivity contribution in [2.75, 3.05) is 10.8 Å². The van der Waals surface area contributed by atoms with E-state index in [-0.39, 0.29) is 16.6 Å². The number of amides is 1. The maximum atomic E-state index is 13.4. The number of halogens is 1. The molecule has 1 N–H and O–H groups in total. The van der Waals surface area contributed by atoms with Crippen molar-refractivity contribution >= 4 is 21.6 Å². The SMILES string of the molecule is Cc1ccc(S(=O)(=O)N(CC(=O)N[C@H](C)CCc2ccccc2)c2ccc(F)cc2)cc1. The molecule has 0 unspecified atom stereocenters. The van der Waals surface area contributed by atoms with Crippen molar-refractivity contribution in [3.05, 3.63) is 95.8 Å². The molecule has 5 nitrogen and oxygen atoms in total. The third-order valence-corrected chi connectivity index (χ3v) is 6.92. The molecular weight excluding hydrogens is 427 g/mol. The number of nitrogens with one attached hydrogen (secondary N) is 1. The van der Waals surface area contributed by atoms with Gasteiger partial charge >= 0.3 is 0 Å². The summed E-state index contributed by atoms with van der Waals surface area (Å²) in [6, 6.07) is 21.3. The summed E-state index contributed by atoms with van der Waals surface area (Å²) >= 11 is 0. The van der Waals surface area contributed by atoms with Crippen molar-refractivity contribution in [1.82, 2.24) is 5.32 Å². The molecular formula is C25H27FN2O3S. The highest BCUT2D eigenvalue weighted by Crippen LogP contribution is 2.24. The van der Waals surface area contributed by atoms with Crippen LogP contribution in [0.25, 0.3) is 0 Å². The number of carbonyl (C=O) groups is 1. The fraction of sp³-hybridized carbons (Fsp3) is 0.240. The third-order valence-electron chi connectivity index (χ3n) is 5.13. The number of rotatable bonds is 9. The zero-order valence-electron chi connectivity index (χ0n) is 18.2. The van der Waals surface area contributed by atoms with E-state index in [1.807, 2.05) is 44.2 Å². The molecule has 0 aliphatic rings. The Kier molecular flexibility index (Phi) is 7.64. The average Bonchev–Trinajstić information content (AvgIpc) is 2.78. The summed E-state index contributed by atoms with van der Waals surface area (Å²) < 4.78 is 41.1. The van der Waals surface area contributed by atoms with Gasteiger partial charge in [-0.2, -0.15) is 0 Å². The molecule has 0 aliphatic carbocycles. The van der Waals surface area contributed by atoms with Crippen LogP contribution in [0.1, 0.15) is 24.5 Å². The van der Waals surface area contributed by atoms with E-state index in [4.69, 9.17) is 0 Å². The molecule has 0 fully saturated rings. The summed E-state index contributed by atoms with van der Waals surface area (Å²) in [4.78, 5) is 12.8. The van der Waals surface area contributed by atoms with Crippen molar-refractivity contribution < 1.29 is 17.6 Å². The van der Waals surface area contributed by atoms with E-state index in [9.17, 15) is 17.6 Å². The number of hydrogen-bond donors (Lipinski definition) is 1. The lowest BCUT2D eigenvalue weighted by atomic mass is 10.1. The van der Waals surface area contributed by atoms with Crippen molar-refractivity contribution in [2.45, 2.75) is 37.6 Å². The van der Waals surface area contributed by atoms with Gasteiger partial charge in [-0.25, -0.2) is 12.8 Å². The molecule has 0 spiro atoms. The maximum absolute atomic E-state index is 13.4. The number of aryl methyl sites for hydroxylation is 2. The van der Waals surface area contributed by atoms with Gasteiger partial charge < -0.3 is 5.32 Å². The largest absolute Gasteiger partial charge is 0.352 e. The Bertz CT molecular complexity index is 1130. The highest BCUT2D eigenvalue weighted by Gasteiger charge is 2.27. The lowest BCUT2D eigenvalue weighted by molar-refractivity contribution is -0.120. The number of benzene rings is 3. The first-order valence-electron chi connectivity index (χ1n) is 10.4. The van der Waals surface area contributed by atoms with Gasteiger partial charge in [0.25, 0.3) is 10.0 Å². The summed E-state index contributed by atoms with van der Waals surface area (Å²) in [7, 11) is -4.02. The van der Waals surface area contributed by atoms with Crippen molar-refractivity contribution in [3.63, 3.8) is 0 Å². The predicted molar refractivity (Wildman–Crippen MR) is 124 cm³/mol. The van der Waals surface area contributed by atoms with Crippen LogP contribution in [-0.4, -0.2) is 26.9 Å². The van der Waals surface area contributed by atoms with E-state index < -0.39 is 28.3 Å². The normalized spacial score (nSPS) is 12.2. The van der Waals surface area contributed by atoms with Crippen LogP contribution < -0.4 is 9.62 Å². The lowest BCUT2D eigenvalue weighted by Crippen LogP contribution is -2.43. The molecule has 0 aliphatic heterocycles. The molecule has 7 heteroatoms. The summed E-state index contributed by atoms with van der Waals surface area (Å²) in [5, 5.41) is 2.88. The van der Waals surface area contributed by atoms with E-state index in [0.717, 1.165) is 22.7 Å². The number of carbonyl (C=O) groups excluding carboxylic acids is 1. The molecule has 0 saturated heterocycles. The molecule has 1 atom stereocenters. The average molecular weight is 455 g/mol. The van der Waals surface area contributed by atoms with Crippen molar-refractivity contribution in [2.24, 2.45) is 0 Å². The second-order valence-electron chi connectivity index (χ2n) is 7.79. The Hall–Kier alpha value is -3.19. The highest BCUT2D eigenvalue weighted by atomic mass is 32.2. The Labute approximate surface area is 188 Å². The second-order valence-corrected chi connectivity index (χ2v) is 9.66. The zero-order chi connectivity index (χ0) is 23.1. The van der Waals surface area contributed by atoms with E-state index in [2.05, 4.69) is 5.32 Å². The number of sulfonamides is 1. The molecule has 168 valence electrons. The van der Waals surface area contributed by atoms with E-state index in [0.29, 0.717) is 0 Å². The Morgan fingerprint density at radius 1 is 0.969 bits per heavy atom. The standard InChI is InChI=1S/C25H27FN2O3S/c1-19-8-16-24(17-9-19)32(30,31)28(23-14-12-22(26)13-15-23)18-25(29)27-20(2)10-11-21-6-4-3-5-7-21/h3-9,12-17,20H,10-11,18H2,1-2H3,(H,27,29)/t20-/m1/s1. The van der Waals surface area contributed by atoms with Crippen molar-refractivity contribution in [1.29, 1.82) is 0 Å². The monoisotopic (exact) mass is 454 g/mol. The van der Waals surface area contributed by atoms with Crippen LogP contribution in [0.5, 0.6) is 0 Å². The fourth-order valence-electron chi connectivity index (χ4n) is 3.31. The smallest absolute Gasteiger partial charge is 0.264 e. The molecule has 0 bridgehead atoms. The molecule has 32 heavy (non-hydrogen) atoms. The van der Waals surface area contributed by atoms with Crippen molar-refractivity contribution in [3.8, 4) is 0 Å². The Morgan fingerprint density at radius 2 is 1.59 bits per heavy atom. The van der Waals surface area contributed by atoms with E-state index in [1.165, 1.54) is 42.0 Å².